The fourth-order valence-corrected chi connectivity index (χ4v) is 1.51. The van der Waals surface area contributed by atoms with Crippen LogP contribution in [0.4, 0.5) is 11.6 Å². The Morgan fingerprint density at radius 2 is 2.19 bits per heavy atom. The molecule has 0 aliphatic carbocycles. The van der Waals surface area contributed by atoms with Gasteiger partial charge in [-0.1, -0.05) is 0 Å². The van der Waals surface area contributed by atoms with Crippen LogP contribution in [-0.4, -0.2) is 41.3 Å². The van der Waals surface area contributed by atoms with Crippen molar-refractivity contribution in [3.63, 3.8) is 0 Å². The molecule has 0 amide bonds. The normalized spacial score (nSPS) is 12.3. The predicted octanol–water partition coefficient (Wildman–Crippen LogP) is 1.03. The van der Waals surface area contributed by atoms with Crippen molar-refractivity contribution in [3.05, 3.63) is 11.9 Å². The second-order valence-corrected chi connectivity index (χ2v) is 3.92. The van der Waals surface area contributed by atoms with E-state index in [4.69, 9.17) is 0 Å². The number of likely N-dealkylation sites (N-methyl/N-ethyl adjacent to an activating group) is 1. The maximum atomic E-state index is 9.33. The van der Waals surface area contributed by atoms with Crippen LogP contribution < -0.4 is 10.2 Å². The zero-order chi connectivity index (χ0) is 12.1. The summed E-state index contributed by atoms with van der Waals surface area (Å²) in [5.41, 5.74) is 0. The number of hydrogen-bond donors (Lipinski definition) is 2. The van der Waals surface area contributed by atoms with E-state index >= 15 is 0 Å². The van der Waals surface area contributed by atoms with E-state index in [-0.39, 0.29) is 6.10 Å². The van der Waals surface area contributed by atoms with Gasteiger partial charge in [0, 0.05) is 26.2 Å². The molecule has 5 nitrogen and oxygen atoms in total. The van der Waals surface area contributed by atoms with Gasteiger partial charge in [-0.25, -0.2) is 9.97 Å². The summed E-state index contributed by atoms with van der Waals surface area (Å²) in [6.45, 7) is 7.03. The van der Waals surface area contributed by atoms with E-state index < -0.39 is 0 Å². The van der Waals surface area contributed by atoms with Crippen LogP contribution in [0.2, 0.25) is 0 Å². The summed E-state index contributed by atoms with van der Waals surface area (Å²) >= 11 is 0. The Morgan fingerprint density at radius 1 is 1.50 bits per heavy atom. The molecule has 90 valence electrons. The fourth-order valence-electron chi connectivity index (χ4n) is 1.51. The van der Waals surface area contributed by atoms with Crippen molar-refractivity contribution in [2.24, 2.45) is 0 Å². The molecule has 0 aromatic carbocycles. The van der Waals surface area contributed by atoms with Crippen molar-refractivity contribution >= 4 is 11.6 Å². The monoisotopic (exact) mass is 224 g/mol. The molecular weight excluding hydrogens is 204 g/mol. The molecule has 1 heterocycles. The molecule has 2 N–H and O–H groups in total. The topological polar surface area (TPSA) is 61.3 Å². The van der Waals surface area contributed by atoms with Gasteiger partial charge in [-0.3, -0.25) is 0 Å². The first-order valence-corrected chi connectivity index (χ1v) is 5.51. The van der Waals surface area contributed by atoms with Crippen LogP contribution in [0.5, 0.6) is 0 Å². The molecule has 0 radical (unpaired) electrons. The summed E-state index contributed by atoms with van der Waals surface area (Å²) in [5, 5.41) is 12.5. The van der Waals surface area contributed by atoms with E-state index in [1.54, 1.807) is 6.92 Å². The second kappa shape index (κ2) is 5.65. The summed E-state index contributed by atoms with van der Waals surface area (Å²) in [6, 6.07) is 1.89. The van der Waals surface area contributed by atoms with Gasteiger partial charge in [0.05, 0.1) is 6.10 Å². The van der Waals surface area contributed by atoms with E-state index in [1.807, 2.05) is 31.9 Å². The quantitative estimate of drug-likeness (QED) is 0.782. The first kappa shape index (κ1) is 12.7. The van der Waals surface area contributed by atoms with Gasteiger partial charge in [0.25, 0.3) is 0 Å². The van der Waals surface area contributed by atoms with Crippen LogP contribution >= 0.6 is 0 Å². The van der Waals surface area contributed by atoms with E-state index in [2.05, 4.69) is 15.3 Å². The summed E-state index contributed by atoms with van der Waals surface area (Å²) in [5.74, 6) is 2.37. The number of rotatable bonds is 5. The van der Waals surface area contributed by atoms with Crippen LogP contribution in [0.3, 0.4) is 0 Å². The molecule has 0 aliphatic rings. The Bertz CT molecular complexity index is 341. The SMILES string of the molecule is CCNc1cc(N(C)CC(C)O)nc(C)n1. The van der Waals surface area contributed by atoms with Crippen LogP contribution in [0, 0.1) is 6.92 Å². The van der Waals surface area contributed by atoms with Crippen LogP contribution in [0.15, 0.2) is 6.07 Å². The van der Waals surface area contributed by atoms with E-state index in [0.29, 0.717) is 6.54 Å². The first-order valence-electron chi connectivity index (χ1n) is 5.51. The Hall–Kier alpha value is -1.36. The Labute approximate surface area is 96.5 Å². The average molecular weight is 224 g/mol. The van der Waals surface area contributed by atoms with Crippen molar-refractivity contribution in [3.8, 4) is 0 Å². The lowest BCUT2D eigenvalue weighted by atomic mass is 10.3. The minimum absolute atomic E-state index is 0.372. The van der Waals surface area contributed by atoms with Crippen LogP contribution in [0.1, 0.15) is 19.7 Å². The lowest BCUT2D eigenvalue weighted by molar-refractivity contribution is 0.201. The van der Waals surface area contributed by atoms with E-state index in [1.165, 1.54) is 0 Å². The summed E-state index contributed by atoms with van der Waals surface area (Å²) in [4.78, 5) is 10.5. The number of aliphatic hydroxyl groups is 1. The lowest BCUT2D eigenvalue weighted by Gasteiger charge is -2.20. The van der Waals surface area contributed by atoms with Gasteiger partial charge in [0.2, 0.25) is 0 Å². The molecule has 1 rings (SSSR count). The highest BCUT2D eigenvalue weighted by Gasteiger charge is 2.08. The van der Waals surface area contributed by atoms with Crippen molar-refractivity contribution < 1.29 is 5.11 Å². The zero-order valence-electron chi connectivity index (χ0n) is 10.4. The largest absolute Gasteiger partial charge is 0.392 e. The van der Waals surface area contributed by atoms with Crippen LogP contribution in [-0.2, 0) is 0 Å². The highest BCUT2D eigenvalue weighted by Crippen LogP contribution is 2.14. The number of hydrogen-bond acceptors (Lipinski definition) is 5. The molecule has 1 aromatic heterocycles. The molecule has 0 spiro atoms. The van der Waals surface area contributed by atoms with Gasteiger partial charge in [-0.05, 0) is 20.8 Å². The van der Waals surface area contributed by atoms with E-state index in [9.17, 15) is 5.11 Å². The molecule has 0 fully saturated rings. The van der Waals surface area contributed by atoms with Gasteiger partial charge >= 0.3 is 0 Å². The first-order chi connectivity index (χ1) is 7.52. The maximum Gasteiger partial charge on any atom is 0.134 e. The minimum Gasteiger partial charge on any atom is -0.392 e. The molecule has 0 saturated carbocycles. The van der Waals surface area contributed by atoms with Gasteiger partial charge in [-0.15, -0.1) is 0 Å². The third-order valence-electron chi connectivity index (χ3n) is 2.11. The van der Waals surface area contributed by atoms with Crippen molar-refractivity contribution in [1.29, 1.82) is 0 Å². The summed E-state index contributed by atoms with van der Waals surface area (Å²) < 4.78 is 0. The zero-order valence-corrected chi connectivity index (χ0v) is 10.4. The molecule has 1 aromatic rings. The lowest BCUT2D eigenvalue weighted by Crippen LogP contribution is -2.28. The van der Waals surface area contributed by atoms with Gasteiger partial charge in [0.1, 0.15) is 17.5 Å². The second-order valence-electron chi connectivity index (χ2n) is 3.92. The van der Waals surface area contributed by atoms with Gasteiger partial charge in [-0.2, -0.15) is 0 Å². The third-order valence-corrected chi connectivity index (χ3v) is 2.11. The number of aryl methyl sites for hydroxylation is 1. The highest BCUT2D eigenvalue weighted by atomic mass is 16.3. The number of nitrogens with zero attached hydrogens (tertiary/aromatic N) is 3. The summed E-state index contributed by atoms with van der Waals surface area (Å²) in [6.07, 6.45) is -0.372. The molecule has 5 heteroatoms. The fraction of sp³-hybridized carbons (Fsp3) is 0.636. The Balaban J connectivity index is 2.86. The Morgan fingerprint density at radius 3 is 2.75 bits per heavy atom. The standard InChI is InChI=1S/C11H20N4O/c1-5-12-10-6-11(14-9(3)13-10)15(4)7-8(2)16/h6,8,16H,5,7H2,1-4H3,(H,12,13,14). The minimum atomic E-state index is -0.372. The molecule has 0 saturated heterocycles. The molecule has 1 unspecified atom stereocenters. The summed E-state index contributed by atoms with van der Waals surface area (Å²) in [7, 11) is 1.91. The van der Waals surface area contributed by atoms with Crippen molar-refractivity contribution in [2.75, 3.05) is 30.4 Å². The third kappa shape index (κ3) is 3.66. The maximum absolute atomic E-state index is 9.33. The Kier molecular flexibility index (Phi) is 4.49. The molecule has 1 atom stereocenters. The van der Waals surface area contributed by atoms with Crippen LogP contribution in [0.25, 0.3) is 0 Å². The molecule has 16 heavy (non-hydrogen) atoms. The smallest absolute Gasteiger partial charge is 0.134 e. The number of nitrogens with one attached hydrogen (secondary N) is 1. The predicted molar refractivity (Wildman–Crippen MR) is 65.9 cm³/mol. The highest BCUT2D eigenvalue weighted by molar-refractivity contribution is 5.48. The van der Waals surface area contributed by atoms with Crippen molar-refractivity contribution in [2.45, 2.75) is 26.9 Å². The number of aromatic nitrogens is 2. The molecule has 0 bridgehead atoms. The average Bonchev–Trinajstić information content (AvgIpc) is 2.16. The van der Waals surface area contributed by atoms with Gasteiger partial charge in [0.15, 0.2) is 0 Å². The number of aliphatic hydroxyl groups excluding tert-OH is 1. The molecule has 0 aliphatic heterocycles. The van der Waals surface area contributed by atoms with Gasteiger partial charge < -0.3 is 15.3 Å². The van der Waals surface area contributed by atoms with E-state index in [0.717, 1.165) is 24.0 Å². The number of anilines is 2. The molecular formula is C11H20N4O. The van der Waals surface area contributed by atoms with Crippen molar-refractivity contribution in [1.82, 2.24) is 9.97 Å².